The number of hydrogen-bond acceptors (Lipinski definition) is 6. The zero-order valence-corrected chi connectivity index (χ0v) is 22.8. The van der Waals surface area contributed by atoms with Crippen LogP contribution in [-0.4, -0.2) is 50.6 Å². The predicted molar refractivity (Wildman–Crippen MR) is 149 cm³/mol. The van der Waals surface area contributed by atoms with Gasteiger partial charge in [-0.15, -0.1) is 0 Å². The van der Waals surface area contributed by atoms with Crippen LogP contribution in [0.5, 0.6) is 11.5 Å². The van der Waals surface area contributed by atoms with E-state index >= 15 is 0 Å². The van der Waals surface area contributed by atoms with Crippen molar-refractivity contribution < 1.29 is 28.5 Å². The summed E-state index contributed by atoms with van der Waals surface area (Å²) in [5, 5.41) is 0. The Hall–Kier alpha value is -3.91. The third kappa shape index (κ3) is 6.75. The van der Waals surface area contributed by atoms with E-state index in [4.69, 9.17) is 23.7 Å². The number of nitrogens with zero attached hydrogens (tertiary/aromatic N) is 1. The maximum Gasteiger partial charge on any atom is 0.258 e. The van der Waals surface area contributed by atoms with Gasteiger partial charge in [0.25, 0.3) is 5.91 Å². The Labute approximate surface area is 230 Å². The van der Waals surface area contributed by atoms with Crippen LogP contribution in [0.3, 0.4) is 0 Å². The molecule has 2 atom stereocenters. The van der Waals surface area contributed by atoms with E-state index in [-0.39, 0.29) is 5.91 Å². The molecule has 0 aromatic heterocycles. The highest BCUT2D eigenvalue weighted by Gasteiger charge is 2.41. The van der Waals surface area contributed by atoms with Gasteiger partial charge < -0.3 is 28.6 Å². The molecule has 7 nitrogen and oxygen atoms in total. The van der Waals surface area contributed by atoms with E-state index in [9.17, 15) is 4.79 Å². The fourth-order valence-corrected chi connectivity index (χ4v) is 4.34. The first-order chi connectivity index (χ1) is 19.0. The lowest BCUT2D eigenvalue weighted by atomic mass is 10.0. The van der Waals surface area contributed by atoms with Crippen molar-refractivity contribution in [1.82, 2.24) is 4.90 Å². The van der Waals surface area contributed by atoms with E-state index in [1.807, 2.05) is 85.8 Å². The quantitative estimate of drug-likeness (QED) is 0.278. The summed E-state index contributed by atoms with van der Waals surface area (Å²) >= 11 is 0. The third-order valence-electron chi connectivity index (χ3n) is 6.48. The minimum atomic E-state index is -1.12. The normalized spacial score (nSPS) is 18.4. The van der Waals surface area contributed by atoms with Gasteiger partial charge in [0.05, 0.1) is 13.7 Å². The van der Waals surface area contributed by atoms with Gasteiger partial charge in [0.1, 0.15) is 12.7 Å². The average Bonchev–Trinajstić information content (AvgIpc) is 2.99. The van der Waals surface area contributed by atoms with Crippen LogP contribution in [0.2, 0.25) is 0 Å². The van der Waals surface area contributed by atoms with Gasteiger partial charge in [-0.25, -0.2) is 0 Å². The number of amides is 1. The smallest absolute Gasteiger partial charge is 0.258 e. The Balaban J connectivity index is 1.48. The molecule has 0 N–H and O–H groups in total. The first kappa shape index (κ1) is 28.1. The summed E-state index contributed by atoms with van der Waals surface area (Å²) in [6.45, 7) is 3.08. The molecular weight excluding hydrogens is 494 g/mol. The molecule has 1 amide bonds. The summed E-state index contributed by atoms with van der Waals surface area (Å²) in [6, 6.07) is 24.9. The Kier molecular flexibility index (Phi) is 9.54. The minimum Gasteiger partial charge on any atom is -0.493 e. The summed E-state index contributed by atoms with van der Waals surface area (Å²) in [6.07, 6.45) is 4.91. The molecule has 39 heavy (non-hydrogen) atoms. The summed E-state index contributed by atoms with van der Waals surface area (Å²) in [5.74, 6) is -0.275. The molecule has 0 bridgehead atoms. The lowest BCUT2D eigenvalue weighted by Gasteiger charge is -2.38. The standard InChI is InChI=1S/C32H35NO6/c1-5-38-32(39-23-25-14-10-7-11-15-25)19-18-27(21-30(32)36-4)33(2)31(34)26-16-17-28(29(20-26)35-3)37-22-24-12-8-6-9-13-24/h6-21,30H,5,22-23H2,1-4H3. The van der Waals surface area contributed by atoms with Crippen LogP contribution in [0, 0.1) is 0 Å². The van der Waals surface area contributed by atoms with Crippen LogP contribution in [0.1, 0.15) is 28.4 Å². The number of rotatable bonds is 12. The lowest BCUT2D eigenvalue weighted by molar-refractivity contribution is -0.252. The molecule has 0 aliphatic heterocycles. The summed E-state index contributed by atoms with van der Waals surface area (Å²) in [4.78, 5) is 15.0. The van der Waals surface area contributed by atoms with E-state index < -0.39 is 11.9 Å². The van der Waals surface area contributed by atoms with Gasteiger partial charge in [-0.3, -0.25) is 4.79 Å². The number of methoxy groups -OCH3 is 2. The second-order valence-corrected chi connectivity index (χ2v) is 9.01. The number of benzene rings is 3. The van der Waals surface area contributed by atoms with Gasteiger partial charge in [-0.2, -0.15) is 0 Å². The first-order valence-corrected chi connectivity index (χ1v) is 12.9. The van der Waals surface area contributed by atoms with E-state index in [1.54, 1.807) is 44.4 Å². The number of allylic oxidation sites excluding steroid dienone is 1. The van der Waals surface area contributed by atoms with Crippen LogP contribution in [0.15, 0.2) is 103 Å². The van der Waals surface area contributed by atoms with Crippen molar-refractivity contribution in [3.8, 4) is 11.5 Å². The van der Waals surface area contributed by atoms with Gasteiger partial charge in [-0.1, -0.05) is 60.7 Å². The largest absolute Gasteiger partial charge is 0.493 e. The SMILES string of the molecule is CCOC1(OCc2ccccc2)C=CC(N(C)C(=O)c2ccc(OCc3ccccc3)c(OC)c2)=CC1OC. The molecule has 2 unspecified atom stereocenters. The maximum atomic E-state index is 13.4. The monoisotopic (exact) mass is 529 g/mol. The molecule has 0 heterocycles. The van der Waals surface area contributed by atoms with E-state index in [1.165, 1.54) is 0 Å². The highest BCUT2D eigenvalue weighted by molar-refractivity contribution is 5.96. The number of hydrogen-bond donors (Lipinski definition) is 0. The molecule has 1 aliphatic rings. The summed E-state index contributed by atoms with van der Waals surface area (Å²) in [5.41, 5.74) is 3.19. The molecule has 3 aromatic rings. The van der Waals surface area contributed by atoms with Crippen molar-refractivity contribution in [2.24, 2.45) is 0 Å². The minimum absolute atomic E-state index is 0.206. The molecule has 204 valence electrons. The van der Waals surface area contributed by atoms with Crippen LogP contribution >= 0.6 is 0 Å². The predicted octanol–water partition coefficient (Wildman–Crippen LogP) is 5.76. The Morgan fingerprint density at radius 3 is 2.15 bits per heavy atom. The number of carbonyl (C=O) groups excluding carboxylic acids is 1. The summed E-state index contributed by atoms with van der Waals surface area (Å²) in [7, 11) is 4.87. The van der Waals surface area contributed by atoms with Crippen molar-refractivity contribution in [2.45, 2.75) is 32.0 Å². The van der Waals surface area contributed by atoms with E-state index in [2.05, 4.69) is 0 Å². The molecule has 3 aromatic carbocycles. The Morgan fingerprint density at radius 2 is 1.54 bits per heavy atom. The zero-order chi connectivity index (χ0) is 27.7. The molecule has 7 heteroatoms. The zero-order valence-electron chi connectivity index (χ0n) is 22.8. The van der Waals surface area contributed by atoms with Crippen molar-refractivity contribution in [1.29, 1.82) is 0 Å². The highest BCUT2D eigenvalue weighted by Crippen LogP contribution is 2.33. The molecule has 1 aliphatic carbocycles. The third-order valence-corrected chi connectivity index (χ3v) is 6.48. The molecule has 0 saturated heterocycles. The van der Waals surface area contributed by atoms with Gasteiger partial charge >= 0.3 is 0 Å². The van der Waals surface area contributed by atoms with E-state index in [0.29, 0.717) is 42.6 Å². The van der Waals surface area contributed by atoms with Crippen LogP contribution in [-0.2, 0) is 27.4 Å². The van der Waals surface area contributed by atoms with Gasteiger partial charge in [0, 0.05) is 32.0 Å². The van der Waals surface area contributed by atoms with Gasteiger partial charge in [-0.05, 0) is 54.5 Å². The first-order valence-electron chi connectivity index (χ1n) is 12.9. The van der Waals surface area contributed by atoms with Crippen molar-refractivity contribution >= 4 is 5.91 Å². The van der Waals surface area contributed by atoms with Gasteiger partial charge in [0.2, 0.25) is 5.79 Å². The fourth-order valence-electron chi connectivity index (χ4n) is 4.34. The molecule has 4 rings (SSSR count). The number of carbonyl (C=O) groups is 1. The number of likely N-dealkylation sites (N-methyl/N-ethyl adjacent to an activating group) is 1. The molecular formula is C32H35NO6. The maximum absolute atomic E-state index is 13.4. The van der Waals surface area contributed by atoms with Crippen molar-refractivity contribution in [3.63, 3.8) is 0 Å². The van der Waals surface area contributed by atoms with Gasteiger partial charge in [0.15, 0.2) is 11.5 Å². The van der Waals surface area contributed by atoms with Crippen LogP contribution in [0.4, 0.5) is 0 Å². The summed E-state index contributed by atoms with van der Waals surface area (Å²) < 4.78 is 29.6. The fraction of sp³-hybridized carbons (Fsp3) is 0.281. The van der Waals surface area contributed by atoms with Crippen molar-refractivity contribution in [2.75, 3.05) is 27.9 Å². The van der Waals surface area contributed by atoms with Crippen LogP contribution < -0.4 is 9.47 Å². The molecule has 0 saturated carbocycles. The Bertz CT molecular complexity index is 1290. The topological polar surface area (TPSA) is 66.5 Å². The molecule has 0 fully saturated rings. The van der Waals surface area contributed by atoms with E-state index in [0.717, 1.165) is 11.1 Å². The highest BCUT2D eigenvalue weighted by atomic mass is 16.7. The van der Waals surface area contributed by atoms with Crippen LogP contribution in [0.25, 0.3) is 0 Å². The lowest BCUT2D eigenvalue weighted by Crippen LogP contribution is -2.48. The van der Waals surface area contributed by atoms with Crippen molar-refractivity contribution in [3.05, 3.63) is 119 Å². The Morgan fingerprint density at radius 1 is 0.872 bits per heavy atom. The second-order valence-electron chi connectivity index (χ2n) is 9.01. The molecule has 0 spiro atoms. The molecule has 0 radical (unpaired) electrons. The average molecular weight is 530 g/mol. The second kappa shape index (κ2) is 13.2. The number of ether oxygens (including phenoxy) is 5.